The molecule has 0 amide bonds. The SMILES string of the molecule is O.O=[Si]([O-])O[Si](=O)[O-].[Al].[Ca].[K].[Na].[O]. The Morgan fingerprint density at radius 1 is 1.08 bits per heavy atom. The van der Waals surface area contributed by atoms with Gasteiger partial charge in [-0.25, -0.2) is 0 Å². The van der Waals surface area contributed by atoms with Gasteiger partial charge in [-0.15, -0.1) is 0 Å². The molecule has 13 heteroatoms. The molecule has 0 rings (SSSR count). The van der Waals surface area contributed by atoms with Crippen molar-refractivity contribution < 1.29 is 33.6 Å². The second kappa shape index (κ2) is 29.7. The first kappa shape index (κ1) is 43.7. The average molecular weight is 299 g/mol. The standard InChI is InChI=1S/Al.Ca.K.Na.O5Si2.H2O.O/c;;;;1-6(2)5-7(3)4;;/h;;;;;1H2;/q;;;;-2;;. The molecule has 0 fully saturated rings. The molecule has 0 aromatic heterocycles. The molecule has 13 heavy (non-hydrogen) atoms. The third-order valence-electron chi connectivity index (χ3n) is 0.167. The van der Waals surface area contributed by atoms with Crippen LogP contribution < -0.4 is 9.59 Å². The predicted molar refractivity (Wildman–Crippen MR) is 41.3 cm³/mol. The summed E-state index contributed by atoms with van der Waals surface area (Å²) in [5, 5.41) is 0. The number of hydrogen-bond acceptors (Lipinski definition) is 5. The van der Waals surface area contributed by atoms with E-state index < -0.39 is 18.3 Å². The summed E-state index contributed by atoms with van der Waals surface area (Å²) in [5.41, 5.74) is 0. The van der Waals surface area contributed by atoms with Crippen LogP contribution in [0, 0.1) is 0 Å². The maximum absolute atomic E-state index is 9.29. The van der Waals surface area contributed by atoms with Crippen molar-refractivity contribution in [2.75, 3.05) is 0 Å². The minimum Gasteiger partial charge on any atom is -0.570 e. The molecular formula is H2AlCaKNaO7Si2-2. The van der Waals surface area contributed by atoms with Crippen LogP contribution >= 0.6 is 0 Å². The van der Waals surface area contributed by atoms with Gasteiger partial charge in [0.25, 0.3) is 0 Å². The Bertz CT molecular complexity index is 103. The maximum Gasteiger partial charge on any atom is 0.410 e. The zero-order chi connectivity index (χ0) is 5.86. The molecule has 0 unspecified atom stereocenters. The molecule has 2 N–H and O–H groups in total. The maximum atomic E-state index is 9.29. The van der Waals surface area contributed by atoms with Crippen molar-refractivity contribution in [2.24, 2.45) is 0 Å². The Hall–Kier alpha value is 3.78. The van der Waals surface area contributed by atoms with E-state index >= 15 is 0 Å². The van der Waals surface area contributed by atoms with Crippen LogP contribution in [0.2, 0.25) is 0 Å². The van der Waals surface area contributed by atoms with Gasteiger partial charge in [-0.05, 0) is 0 Å². The van der Waals surface area contributed by atoms with Crippen LogP contribution in [0.3, 0.4) is 0 Å². The minimum atomic E-state index is -3.51. The normalized spacial score (nSPS) is 4.00. The summed E-state index contributed by atoms with van der Waals surface area (Å²) in [4.78, 5) is 18.6. The summed E-state index contributed by atoms with van der Waals surface area (Å²) in [5.74, 6) is 0. The van der Waals surface area contributed by atoms with Crippen molar-refractivity contribution in [2.45, 2.75) is 0 Å². The van der Waals surface area contributed by atoms with Gasteiger partial charge in [-0.1, -0.05) is 0 Å². The quantitative estimate of drug-likeness (QED) is 0.465. The van der Waals surface area contributed by atoms with Crippen LogP contribution in [-0.4, -0.2) is 160 Å². The van der Waals surface area contributed by atoms with Crippen molar-refractivity contribution in [3.63, 3.8) is 0 Å². The Morgan fingerprint density at radius 3 is 1.23 bits per heavy atom. The third kappa shape index (κ3) is 49.5. The van der Waals surface area contributed by atoms with Gasteiger partial charge in [0.1, 0.15) is 0 Å². The summed E-state index contributed by atoms with van der Waals surface area (Å²) in [7, 11) is -7.03. The third-order valence-corrected chi connectivity index (χ3v) is 1.50. The molecule has 0 atom stereocenters. The van der Waals surface area contributed by atoms with Gasteiger partial charge in [-0.2, -0.15) is 0 Å². The van der Waals surface area contributed by atoms with E-state index in [9.17, 15) is 18.5 Å². The fraction of sp³-hybridized carbons (Fsp3) is 0. The monoisotopic (exact) mass is 299 g/mol. The first-order chi connectivity index (χ1) is 3.13. The van der Waals surface area contributed by atoms with E-state index in [2.05, 4.69) is 4.12 Å². The Labute approximate surface area is 183 Å². The average Bonchev–Trinajstić information content (AvgIpc) is 1.27. The minimum absolute atomic E-state index is 0. The van der Waals surface area contributed by atoms with Crippen molar-refractivity contribution in [3.05, 3.63) is 0 Å². The molecular weight excluding hydrogens is 297 g/mol. The Balaban J connectivity index is -0.0000000120. The number of hydrogen-bond donors (Lipinski definition) is 0. The summed E-state index contributed by atoms with van der Waals surface area (Å²) in [6, 6.07) is 0. The fourth-order valence-electron chi connectivity index (χ4n) is 0.0680. The summed E-state index contributed by atoms with van der Waals surface area (Å²) < 4.78 is 21.8. The van der Waals surface area contributed by atoms with Gasteiger partial charge in [0.15, 0.2) is 0 Å². The summed E-state index contributed by atoms with van der Waals surface area (Å²) >= 11 is 0. The van der Waals surface area contributed by atoms with Gasteiger partial charge < -0.3 is 28.1 Å². The molecule has 7 nitrogen and oxygen atoms in total. The topological polar surface area (TPSA) is 149 Å². The Kier molecular flexibility index (Phi) is 99.7. The molecule has 0 aromatic rings. The van der Waals surface area contributed by atoms with Crippen molar-refractivity contribution in [1.82, 2.24) is 0 Å². The van der Waals surface area contributed by atoms with Crippen LogP contribution in [0.5, 0.6) is 0 Å². The molecule has 61 valence electrons. The van der Waals surface area contributed by atoms with Crippen molar-refractivity contribution >= 4 is 154 Å². The largest absolute Gasteiger partial charge is 0.570 e. The summed E-state index contributed by atoms with van der Waals surface area (Å²) in [6.07, 6.45) is 0. The van der Waals surface area contributed by atoms with Crippen LogP contribution in [0.25, 0.3) is 0 Å². The second-order valence-corrected chi connectivity index (χ2v) is 2.42. The molecule has 0 aromatic carbocycles. The van der Waals surface area contributed by atoms with Crippen LogP contribution in [0.4, 0.5) is 0 Å². The molecule has 0 saturated heterocycles. The molecule has 0 heterocycles. The molecule has 0 spiro atoms. The van der Waals surface area contributed by atoms with E-state index in [4.69, 9.17) is 0 Å². The number of rotatable bonds is 2. The van der Waals surface area contributed by atoms with Gasteiger partial charge in [0.05, 0.1) is 0 Å². The van der Waals surface area contributed by atoms with Crippen LogP contribution in [-0.2, 0) is 18.5 Å². The van der Waals surface area contributed by atoms with E-state index in [1.165, 1.54) is 0 Å². The molecule has 0 aliphatic rings. The van der Waals surface area contributed by atoms with Gasteiger partial charge in [0.2, 0.25) is 0 Å². The fourth-order valence-corrected chi connectivity index (χ4v) is 0.612. The molecule has 0 aliphatic heterocycles. The first-order valence-corrected chi connectivity index (χ1v) is 3.67. The van der Waals surface area contributed by atoms with Gasteiger partial charge >= 0.3 is 18.3 Å². The first-order valence-electron chi connectivity index (χ1n) is 1.22. The second-order valence-electron chi connectivity index (χ2n) is 0.602. The molecule has 9 radical (unpaired) electrons. The molecule has 0 bridgehead atoms. The van der Waals surface area contributed by atoms with E-state index in [0.717, 1.165) is 0 Å². The van der Waals surface area contributed by atoms with E-state index in [1.807, 2.05) is 0 Å². The van der Waals surface area contributed by atoms with E-state index in [-0.39, 0.29) is 147 Å². The Morgan fingerprint density at radius 2 is 1.23 bits per heavy atom. The van der Waals surface area contributed by atoms with E-state index in [0.29, 0.717) is 0 Å². The zero-order valence-corrected chi connectivity index (χ0v) is 17.7. The van der Waals surface area contributed by atoms with Crippen molar-refractivity contribution in [1.29, 1.82) is 0 Å². The predicted octanol–water partition coefficient (Wildman–Crippen LogP) is -5.91. The van der Waals surface area contributed by atoms with Crippen molar-refractivity contribution in [3.8, 4) is 0 Å². The van der Waals surface area contributed by atoms with Crippen LogP contribution in [0.1, 0.15) is 0 Å². The van der Waals surface area contributed by atoms with Gasteiger partial charge in [0, 0.05) is 142 Å². The zero-order valence-electron chi connectivity index (χ0n) is 7.23. The smallest absolute Gasteiger partial charge is 0.410 e. The summed E-state index contributed by atoms with van der Waals surface area (Å²) in [6.45, 7) is 0. The molecule has 0 saturated carbocycles. The van der Waals surface area contributed by atoms with E-state index in [1.54, 1.807) is 0 Å². The van der Waals surface area contributed by atoms with Crippen LogP contribution in [0.15, 0.2) is 0 Å². The van der Waals surface area contributed by atoms with Gasteiger partial charge in [-0.3, -0.25) is 0 Å². The molecule has 0 aliphatic carbocycles.